The molecule has 0 aliphatic carbocycles. The highest BCUT2D eigenvalue weighted by Gasteiger charge is 2.55. The quantitative estimate of drug-likeness (QED) is 0.517. The number of phenols is 1. The Labute approximate surface area is 193 Å². The summed E-state index contributed by atoms with van der Waals surface area (Å²) >= 11 is 0. The van der Waals surface area contributed by atoms with Crippen LogP contribution in [0, 0.1) is 5.92 Å². The number of aromatic nitrogens is 1. The number of nitrogens with zero attached hydrogens (tertiary/aromatic N) is 2. The molecule has 3 N–H and O–H groups in total. The Morgan fingerprint density at radius 3 is 2.55 bits per heavy atom. The molecule has 7 heteroatoms. The molecule has 1 amide bonds. The molecule has 5 rings (SSSR count). The number of fused-ring (bicyclic) bond motifs is 1. The van der Waals surface area contributed by atoms with E-state index in [1.807, 2.05) is 53.4 Å². The first kappa shape index (κ1) is 21.4. The fourth-order valence-corrected chi connectivity index (χ4v) is 4.96. The molecule has 0 spiro atoms. The molecule has 3 heterocycles. The van der Waals surface area contributed by atoms with Crippen molar-refractivity contribution in [3.8, 4) is 11.5 Å². The van der Waals surface area contributed by atoms with E-state index < -0.39 is 6.04 Å². The molecule has 0 bridgehead atoms. The summed E-state index contributed by atoms with van der Waals surface area (Å²) in [5.74, 6) is 0.966. The second kappa shape index (κ2) is 9.21. The summed E-state index contributed by atoms with van der Waals surface area (Å²) in [4.78, 5) is 19.7. The van der Waals surface area contributed by atoms with Gasteiger partial charge in [-0.3, -0.25) is 9.78 Å². The Bertz CT molecular complexity index is 1110. The van der Waals surface area contributed by atoms with Crippen molar-refractivity contribution in [3.63, 3.8) is 0 Å². The van der Waals surface area contributed by atoms with Gasteiger partial charge in [-0.05, 0) is 41.8 Å². The van der Waals surface area contributed by atoms with Crippen molar-refractivity contribution in [3.05, 3.63) is 89.7 Å². The van der Waals surface area contributed by atoms with E-state index >= 15 is 0 Å². The average Bonchev–Trinajstić information content (AvgIpc) is 3.38. The zero-order chi connectivity index (χ0) is 22.8. The predicted molar refractivity (Wildman–Crippen MR) is 124 cm³/mol. The van der Waals surface area contributed by atoms with Crippen LogP contribution in [0.15, 0.2) is 73.1 Å². The van der Waals surface area contributed by atoms with Crippen LogP contribution in [0.4, 0.5) is 0 Å². The van der Waals surface area contributed by atoms with Crippen LogP contribution in [-0.2, 0) is 11.3 Å². The van der Waals surface area contributed by atoms with E-state index in [2.05, 4.69) is 22.8 Å². The first-order valence-corrected chi connectivity index (χ1v) is 11.4. The van der Waals surface area contributed by atoms with Gasteiger partial charge in [0.25, 0.3) is 0 Å². The van der Waals surface area contributed by atoms with E-state index in [0.29, 0.717) is 13.2 Å². The molecule has 1 aromatic heterocycles. The summed E-state index contributed by atoms with van der Waals surface area (Å²) in [6.07, 6.45) is 4.48. The molecule has 4 unspecified atom stereocenters. The van der Waals surface area contributed by atoms with Gasteiger partial charge in [-0.15, -0.1) is 0 Å². The van der Waals surface area contributed by atoms with Gasteiger partial charge < -0.3 is 14.7 Å². The zero-order valence-electron chi connectivity index (χ0n) is 18.5. The topological polar surface area (TPSA) is 86.7 Å². The lowest BCUT2D eigenvalue weighted by molar-refractivity contribution is -0.131. The largest absolute Gasteiger partial charge is 0.508 e. The minimum Gasteiger partial charge on any atom is -0.508 e. The molecule has 33 heavy (non-hydrogen) atoms. The number of likely N-dealkylation sites (tertiary alicyclic amines) is 1. The van der Waals surface area contributed by atoms with E-state index in [1.54, 1.807) is 24.5 Å². The van der Waals surface area contributed by atoms with E-state index in [4.69, 9.17) is 4.74 Å². The van der Waals surface area contributed by atoms with Crippen LogP contribution < -0.4 is 15.6 Å². The molecular formula is C26H28N4O3. The van der Waals surface area contributed by atoms with Crippen LogP contribution in [0.1, 0.15) is 42.1 Å². The lowest BCUT2D eigenvalue weighted by Gasteiger charge is -2.31. The summed E-state index contributed by atoms with van der Waals surface area (Å²) in [5.41, 5.74) is 9.27. The maximum atomic E-state index is 13.6. The highest BCUT2D eigenvalue weighted by molar-refractivity contribution is 5.86. The number of para-hydroxylation sites is 1. The first-order valence-electron chi connectivity index (χ1n) is 11.4. The molecular weight excluding hydrogens is 416 g/mol. The van der Waals surface area contributed by atoms with Gasteiger partial charge in [-0.25, -0.2) is 10.9 Å². The summed E-state index contributed by atoms with van der Waals surface area (Å²) in [7, 11) is 0. The van der Waals surface area contributed by atoms with Gasteiger partial charge in [-0.2, -0.15) is 0 Å². The zero-order valence-corrected chi connectivity index (χ0v) is 18.5. The minimum atomic E-state index is -0.396. The fourth-order valence-electron chi connectivity index (χ4n) is 4.96. The van der Waals surface area contributed by atoms with E-state index in [0.717, 1.165) is 28.9 Å². The number of hydrogen-bond donors (Lipinski definition) is 3. The van der Waals surface area contributed by atoms with E-state index in [1.165, 1.54) is 0 Å². The molecule has 2 saturated heterocycles. The lowest BCUT2D eigenvalue weighted by Crippen LogP contribution is -2.41. The fraction of sp³-hybridized carbons (Fsp3) is 0.308. The number of carbonyl (C=O) groups excluding carboxylic acids is 1. The second-order valence-electron chi connectivity index (χ2n) is 8.57. The Morgan fingerprint density at radius 2 is 1.82 bits per heavy atom. The van der Waals surface area contributed by atoms with Crippen LogP contribution in [0.5, 0.6) is 11.5 Å². The maximum Gasteiger partial charge on any atom is 0.242 e. The molecule has 0 saturated carbocycles. The van der Waals surface area contributed by atoms with Crippen molar-refractivity contribution in [2.24, 2.45) is 5.92 Å². The number of phenolic OH excluding ortho intramolecular Hbond substituents is 1. The van der Waals surface area contributed by atoms with E-state index in [9.17, 15) is 9.90 Å². The van der Waals surface area contributed by atoms with Gasteiger partial charge in [0.2, 0.25) is 5.91 Å². The average molecular weight is 445 g/mol. The standard InChI is InChI=1S/C26H28N4O3/c1-2-14-33-19-11-9-18(10-12-19)25-22-23(20-7-3-4-8-21(20)31)28-29-24(22)26(32)30(25)16-17-6-5-13-27-15-17/h3-13,15,22-25,28-29,31H,2,14,16H2,1H3. The predicted octanol–water partition coefficient (Wildman–Crippen LogP) is 3.49. The normalized spacial score (nSPS) is 24.2. The highest BCUT2D eigenvalue weighted by atomic mass is 16.5. The van der Waals surface area contributed by atoms with Crippen molar-refractivity contribution < 1.29 is 14.6 Å². The highest BCUT2D eigenvalue weighted by Crippen LogP contribution is 2.49. The number of nitrogens with one attached hydrogen (secondary N) is 2. The van der Waals surface area contributed by atoms with Gasteiger partial charge in [0.1, 0.15) is 17.5 Å². The van der Waals surface area contributed by atoms with Crippen molar-refractivity contribution in [2.45, 2.75) is 38.0 Å². The van der Waals surface area contributed by atoms with Crippen molar-refractivity contribution >= 4 is 5.91 Å². The third-order valence-electron chi connectivity index (χ3n) is 6.46. The second-order valence-corrected chi connectivity index (χ2v) is 8.57. The smallest absolute Gasteiger partial charge is 0.242 e. The number of benzene rings is 2. The number of carbonyl (C=O) groups is 1. The van der Waals surface area contributed by atoms with Crippen LogP contribution in [-0.4, -0.2) is 33.5 Å². The molecule has 2 fully saturated rings. The monoisotopic (exact) mass is 444 g/mol. The van der Waals surface area contributed by atoms with Crippen molar-refractivity contribution in [2.75, 3.05) is 6.61 Å². The number of pyridine rings is 1. The Balaban J connectivity index is 1.53. The number of amides is 1. The van der Waals surface area contributed by atoms with Crippen LogP contribution >= 0.6 is 0 Å². The molecule has 3 aromatic rings. The van der Waals surface area contributed by atoms with Crippen molar-refractivity contribution in [1.29, 1.82) is 0 Å². The Kier molecular flexibility index (Phi) is 5.98. The summed E-state index contributed by atoms with van der Waals surface area (Å²) in [6, 6.07) is 18.4. The molecule has 7 nitrogen and oxygen atoms in total. The number of aromatic hydroxyl groups is 1. The molecule has 2 aliphatic rings. The van der Waals surface area contributed by atoms with Gasteiger partial charge in [0.05, 0.1) is 18.7 Å². The number of hydrazine groups is 1. The number of hydrogen-bond acceptors (Lipinski definition) is 6. The van der Waals surface area contributed by atoms with E-state index in [-0.39, 0.29) is 29.7 Å². The minimum absolute atomic E-state index is 0.0329. The summed E-state index contributed by atoms with van der Waals surface area (Å²) in [6.45, 7) is 3.21. The first-order chi connectivity index (χ1) is 16.2. The van der Waals surface area contributed by atoms with Crippen LogP contribution in [0.3, 0.4) is 0 Å². The molecule has 2 aromatic carbocycles. The molecule has 2 aliphatic heterocycles. The molecule has 170 valence electrons. The van der Waals surface area contributed by atoms with Gasteiger partial charge in [0, 0.05) is 30.4 Å². The maximum absolute atomic E-state index is 13.6. The summed E-state index contributed by atoms with van der Waals surface area (Å²) < 4.78 is 5.76. The van der Waals surface area contributed by atoms with Crippen LogP contribution in [0.2, 0.25) is 0 Å². The summed E-state index contributed by atoms with van der Waals surface area (Å²) in [5, 5.41) is 10.5. The van der Waals surface area contributed by atoms with Gasteiger partial charge >= 0.3 is 0 Å². The Morgan fingerprint density at radius 1 is 1.03 bits per heavy atom. The van der Waals surface area contributed by atoms with Gasteiger partial charge in [0.15, 0.2) is 0 Å². The van der Waals surface area contributed by atoms with Gasteiger partial charge in [-0.1, -0.05) is 43.3 Å². The Hall–Kier alpha value is -3.42. The number of rotatable bonds is 7. The number of ether oxygens (including phenoxy) is 1. The van der Waals surface area contributed by atoms with Crippen LogP contribution in [0.25, 0.3) is 0 Å². The lowest BCUT2D eigenvalue weighted by atomic mass is 9.83. The third-order valence-corrected chi connectivity index (χ3v) is 6.46. The van der Waals surface area contributed by atoms with Crippen molar-refractivity contribution in [1.82, 2.24) is 20.7 Å². The third kappa shape index (κ3) is 4.05. The molecule has 0 radical (unpaired) electrons. The molecule has 4 atom stereocenters. The SMILES string of the molecule is CCCOc1ccc(C2C3C(NNC3c3ccccc3O)C(=O)N2Cc2cccnc2)cc1.